The highest BCUT2D eigenvalue weighted by Gasteiger charge is 2.13. The van der Waals surface area contributed by atoms with E-state index in [-0.39, 0.29) is 0 Å². The molecule has 0 bridgehead atoms. The second-order valence-corrected chi connectivity index (χ2v) is 4.20. The zero-order valence-electron chi connectivity index (χ0n) is 9.41. The number of aliphatic imine (C=N–C) groups is 1. The van der Waals surface area contributed by atoms with Crippen LogP contribution in [0.1, 0.15) is 12.5 Å². The lowest BCUT2D eigenvalue weighted by atomic mass is 10.2. The van der Waals surface area contributed by atoms with Crippen LogP contribution in [-0.2, 0) is 6.54 Å². The van der Waals surface area contributed by atoms with Gasteiger partial charge in [-0.25, -0.2) is 0 Å². The third-order valence-electron chi connectivity index (χ3n) is 2.65. The van der Waals surface area contributed by atoms with E-state index in [1.54, 1.807) is 0 Å². The van der Waals surface area contributed by atoms with Gasteiger partial charge in [-0.05, 0) is 24.6 Å². The molecule has 1 aromatic rings. The minimum Gasteiger partial charge on any atom is -0.352 e. The largest absolute Gasteiger partial charge is 0.352 e. The average molecular weight is 238 g/mol. The van der Waals surface area contributed by atoms with Crippen LogP contribution in [-0.4, -0.2) is 30.5 Å². The molecular weight excluding hydrogens is 222 g/mol. The minimum absolute atomic E-state index is 0.774. The van der Waals surface area contributed by atoms with Crippen molar-refractivity contribution < 1.29 is 0 Å². The van der Waals surface area contributed by atoms with Crippen LogP contribution in [0.2, 0.25) is 5.02 Å². The maximum absolute atomic E-state index is 5.93. The van der Waals surface area contributed by atoms with Gasteiger partial charge in [-0.3, -0.25) is 4.99 Å². The summed E-state index contributed by atoms with van der Waals surface area (Å²) in [6, 6.07) is 7.88. The van der Waals surface area contributed by atoms with Crippen molar-refractivity contribution in [2.45, 2.75) is 13.5 Å². The Balaban J connectivity index is 1.92. The first-order chi connectivity index (χ1) is 7.79. The van der Waals surface area contributed by atoms with Crippen molar-refractivity contribution in [3.8, 4) is 0 Å². The number of nitrogens with one attached hydrogen (secondary N) is 1. The topological polar surface area (TPSA) is 27.6 Å². The molecule has 0 aliphatic carbocycles. The van der Waals surface area contributed by atoms with Gasteiger partial charge in [0, 0.05) is 24.7 Å². The molecule has 0 spiro atoms. The minimum atomic E-state index is 0.774. The second kappa shape index (κ2) is 5.21. The van der Waals surface area contributed by atoms with E-state index in [4.69, 9.17) is 11.6 Å². The summed E-state index contributed by atoms with van der Waals surface area (Å²) in [5.41, 5.74) is 1.18. The number of nitrogens with zero attached hydrogens (tertiary/aromatic N) is 2. The smallest absolute Gasteiger partial charge is 0.194 e. The Labute approximate surface area is 101 Å². The van der Waals surface area contributed by atoms with Crippen LogP contribution in [0.5, 0.6) is 0 Å². The number of likely N-dealkylation sites (N-methyl/N-ethyl adjacent to an activating group) is 1. The van der Waals surface area contributed by atoms with Crippen LogP contribution in [0.4, 0.5) is 0 Å². The molecule has 1 aromatic carbocycles. The maximum Gasteiger partial charge on any atom is 0.194 e. The van der Waals surface area contributed by atoms with E-state index in [1.807, 2.05) is 18.2 Å². The SMILES string of the molecule is CCN1CCN=C1NCc1cccc(Cl)c1. The van der Waals surface area contributed by atoms with E-state index in [0.29, 0.717) is 0 Å². The van der Waals surface area contributed by atoms with E-state index in [9.17, 15) is 0 Å². The van der Waals surface area contributed by atoms with E-state index in [2.05, 4.69) is 28.2 Å². The van der Waals surface area contributed by atoms with Gasteiger partial charge >= 0.3 is 0 Å². The van der Waals surface area contributed by atoms with Crippen molar-refractivity contribution >= 4 is 17.6 Å². The maximum atomic E-state index is 5.93. The molecule has 1 N–H and O–H groups in total. The van der Waals surface area contributed by atoms with E-state index < -0.39 is 0 Å². The molecule has 0 amide bonds. The predicted octanol–water partition coefficient (Wildman–Crippen LogP) is 2.12. The first-order valence-electron chi connectivity index (χ1n) is 5.57. The van der Waals surface area contributed by atoms with Gasteiger partial charge in [-0.1, -0.05) is 23.7 Å². The normalized spacial score (nSPS) is 15.1. The monoisotopic (exact) mass is 237 g/mol. The molecule has 0 aromatic heterocycles. The molecular formula is C12H16ClN3. The summed E-state index contributed by atoms with van der Waals surface area (Å²) in [6.07, 6.45) is 0. The third-order valence-corrected chi connectivity index (χ3v) is 2.89. The Hall–Kier alpha value is -1.22. The quantitative estimate of drug-likeness (QED) is 0.872. The van der Waals surface area contributed by atoms with E-state index >= 15 is 0 Å². The molecule has 1 heterocycles. The predicted molar refractivity (Wildman–Crippen MR) is 67.8 cm³/mol. The van der Waals surface area contributed by atoms with Crippen LogP contribution in [0.25, 0.3) is 0 Å². The van der Waals surface area contributed by atoms with Crippen molar-refractivity contribution in [3.63, 3.8) is 0 Å². The first-order valence-corrected chi connectivity index (χ1v) is 5.95. The molecule has 86 valence electrons. The van der Waals surface area contributed by atoms with E-state index in [1.165, 1.54) is 5.56 Å². The Morgan fingerprint density at radius 3 is 3.12 bits per heavy atom. The first kappa shape index (κ1) is 11.3. The number of hydrogen-bond donors (Lipinski definition) is 1. The lowest BCUT2D eigenvalue weighted by molar-refractivity contribution is 0.466. The van der Waals surface area contributed by atoms with Gasteiger partial charge in [-0.2, -0.15) is 0 Å². The number of halogens is 1. The average Bonchev–Trinajstić information content (AvgIpc) is 2.74. The zero-order chi connectivity index (χ0) is 11.4. The summed E-state index contributed by atoms with van der Waals surface area (Å²) in [5.74, 6) is 1.00. The molecule has 0 fully saturated rings. The molecule has 0 saturated heterocycles. The van der Waals surface area contributed by atoms with Crippen molar-refractivity contribution in [1.29, 1.82) is 0 Å². The van der Waals surface area contributed by atoms with Crippen molar-refractivity contribution in [2.75, 3.05) is 19.6 Å². The van der Waals surface area contributed by atoms with Crippen LogP contribution >= 0.6 is 11.6 Å². The van der Waals surface area contributed by atoms with Crippen LogP contribution in [0.3, 0.4) is 0 Å². The highest BCUT2D eigenvalue weighted by Crippen LogP contribution is 2.10. The Morgan fingerprint density at radius 1 is 1.50 bits per heavy atom. The summed E-state index contributed by atoms with van der Waals surface area (Å²) in [6.45, 7) is 5.83. The number of guanidine groups is 1. The third kappa shape index (κ3) is 2.67. The highest BCUT2D eigenvalue weighted by atomic mass is 35.5. The van der Waals surface area contributed by atoms with Gasteiger partial charge < -0.3 is 10.2 Å². The fourth-order valence-electron chi connectivity index (χ4n) is 1.79. The van der Waals surface area contributed by atoms with E-state index in [0.717, 1.165) is 37.2 Å². The number of rotatable bonds is 3. The Bertz CT molecular complexity index is 390. The summed E-state index contributed by atoms with van der Waals surface area (Å²) in [5, 5.41) is 4.12. The van der Waals surface area contributed by atoms with Gasteiger partial charge in [-0.15, -0.1) is 0 Å². The Morgan fingerprint density at radius 2 is 2.38 bits per heavy atom. The van der Waals surface area contributed by atoms with Crippen molar-refractivity contribution in [2.24, 2.45) is 4.99 Å². The van der Waals surface area contributed by atoms with Crippen LogP contribution in [0, 0.1) is 0 Å². The van der Waals surface area contributed by atoms with Gasteiger partial charge in [0.15, 0.2) is 5.96 Å². The molecule has 0 atom stereocenters. The van der Waals surface area contributed by atoms with Gasteiger partial charge in [0.1, 0.15) is 0 Å². The van der Waals surface area contributed by atoms with Crippen LogP contribution in [0.15, 0.2) is 29.3 Å². The fourth-order valence-corrected chi connectivity index (χ4v) is 2.00. The summed E-state index contributed by atoms with van der Waals surface area (Å²) < 4.78 is 0. The molecule has 0 saturated carbocycles. The summed E-state index contributed by atoms with van der Waals surface area (Å²) in [4.78, 5) is 6.66. The molecule has 1 aliphatic heterocycles. The molecule has 0 radical (unpaired) electrons. The number of hydrogen-bond acceptors (Lipinski definition) is 3. The van der Waals surface area contributed by atoms with Crippen molar-refractivity contribution in [1.82, 2.24) is 10.2 Å². The Kier molecular flexibility index (Phi) is 3.67. The van der Waals surface area contributed by atoms with Crippen molar-refractivity contribution in [3.05, 3.63) is 34.9 Å². The van der Waals surface area contributed by atoms with Gasteiger partial charge in [0.05, 0.1) is 6.54 Å². The molecule has 16 heavy (non-hydrogen) atoms. The van der Waals surface area contributed by atoms with Gasteiger partial charge in [0.25, 0.3) is 0 Å². The summed E-state index contributed by atoms with van der Waals surface area (Å²) in [7, 11) is 0. The lowest BCUT2D eigenvalue weighted by Crippen LogP contribution is -2.37. The second-order valence-electron chi connectivity index (χ2n) is 3.77. The fraction of sp³-hybridized carbons (Fsp3) is 0.417. The molecule has 3 nitrogen and oxygen atoms in total. The van der Waals surface area contributed by atoms with Crippen LogP contribution < -0.4 is 5.32 Å². The summed E-state index contributed by atoms with van der Waals surface area (Å²) >= 11 is 5.93. The lowest BCUT2D eigenvalue weighted by Gasteiger charge is -2.18. The molecule has 4 heteroatoms. The highest BCUT2D eigenvalue weighted by molar-refractivity contribution is 6.30. The van der Waals surface area contributed by atoms with Gasteiger partial charge in [0.2, 0.25) is 0 Å². The zero-order valence-corrected chi connectivity index (χ0v) is 10.2. The molecule has 1 aliphatic rings. The molecule has 0 unspecified atom stereocenters. The standard InChI is InChI=1S/C12H16ClN3/c1-2-16-7-6-14-12(16)15-9-10-4-3-5-11(13)8-10/h3-5,8H,2,6-7,9H2,1H3,(H,14,15). The molecule has 2 rings (SSSR count). The number of benzene rings is 1.